The van der Waals surface area contributed by atoms with Crippen molar-refractivity contribution in [1.29, 1.82) is 0 Å². The number of carbonyl (C=O) groups is 3. The van der Waals surface area contributed by atoms with E-state index in [9.17, 15) is 14.4 Å². The number of primary amides is 1. The van der Waals surface area contributed by atoms with Gasteiger partial charge in [-0.25, -0.2) is 0 Å². The Hall–Kier alpha value is -3.03. The molecule has 0 aromatic heterocycles. The molecule has 3 amide bonds. The number of hydrogen-bond acceptors (Lipinski definition) is 5. The highest BCUT2D eigenvalue weighted by Gasteiger charge is 2.60. The first-order chi connectivity index (χ1) is 15.5. The molecule has 1 aliphatic carbocycles. The van der Waals surface area contributed by atoms with Gasteiger partial charge in [0.2, 0.25) is 11.8 Å². The van der Waals surface area contributed by atoms with Crippen LogP contribution in [0.1, 0.15) is 43.7 Å². The van der Waals surface area contributed by atoms with E-state index in [1.54, 1.807) is 0 Å². The summed E-state index contributed by atoms with van der Waals surface area (Å²) in [5, 5.41) is 1.42. The second-order valence-corrected chi connectivity index (χ2v) is 8.86. The molecule has 3 fully saturated rings. The smallest absolute Gasteiger partial charge is 0.261 e. The first kappa shape index (κ1) is 20.8. The van der Waals surface area contributed by atoms with E-state index >= 15 is 0 Å². The zero-order valence-corrected chi connectivity index (χ0v) is 17.9. The summed E-state index contributed by atoms with van der Waals surface area (Å²) in [5.41, 5.74) is 8.39. The van der Waals surface area contributed by atoms with E-state index in [1.165, 1.54) is 9.96 Å². The summed E-state index contributed by atoms with van der Waals surface area (Å²) in [6, 6.07) is 17.3. The van der Waals surface area contributed by atoms with Crippen molar-refractivity contribution in [3.05, 3.63) is 60.2 Å². The van der Waals surface area contributed by atoms with E-state index in [2.05, 4.69) is 0 Å². The second-order valence-electron chi connectivity index (χ2n) is 8.86. The van der Waals surface area contributed by atoms with E-state index in [4.69, 9.17) is 10.6 Å². The lowest BCUT2D eigenvalue weighted by Crippen LogP contribution is -2.45. The van der Waals surface area contributed by atoms with Crippen molar-refractivity contribution in [2.75, 3.05) is 6.54 Å². The molecule has 5 rings (SSSR count). The third-order valence-electron chi connectivity index (χ3n) is 6.84. The van der Waals surface area contributed by atoms with Gasteiger partial charge >= 0.3 is 0 Å². The number of amides is 3. The number of nitrogens with two attached hydrogens (primary N) is 1. The van der Waals surface area contributed by atoms with Crippen LogP contribution < -0.4 is 5.73 Å². The molecule has 0 radical (unpaired) electrons. The lowest BCUT2D eigenvalue weighted by Gasteiger charge is -2.32. The van der Waals surface area contributed by atoms with Gasteiger partial charge in [0.05, 0.1) is 12.0 Å². The number of fused-ring (bicyclic) bond motifs is 1. The van der Waals surface area contributed by atoms with Crippen LogP contribution in [0.4, 0.5) is 0 Å². The van der Waals surface area contributed by atoms with Gasteiger partial charge < -0.3 is 5.73 Å². The molecule has 2 saturated heterocycles. The van der Waals surface area contributed by atoms with Crippen LogP contribution in [0.2, 0.25) is 0 Å². The Morgan fingerprint density at radius 1 is 0.906 bits per heavy atom. The maximum Gasteiger partial charge on any atom is 0.261 e. The summed E-state index contributed by atoms with van der Waals surface area (Å²) in [5.74, 6) is -1.73. The van der Waals surface area contributed by atoms with Gasteiger partial charge in [0, 0.05) is 6.04 Å². The topological polar surface area (TPSA) is 92.9 Å². The minimum Gasteiger partial charge on any atom is -0.368 e. The number of hydroxylamine groups is 2. The Bertz CT molecular complexity index is 1020. The van der Waals surface area contributed by atoms with Crippen molar-refractivity contribution in [2.45, 2.75) is 50.3 Å². The largest absolute Gasteiger partial charge is 0.368 e. The number of benzene rings is 2. The second kappa shape index (κ2) is 8.48. The molecule has 7 heteroatoms. The van der Waals surface area contributed by atoms with E-state index in [0.29, 0.717) is 0 Å². The average Bonchev–Trinajstić information content (AvgIpc) is 3.29. The van der Waals surface area contributed by atoms with Crippen molar-refractivity contribution in [1.82, 2.24) is 9.96 Å². The Morgan fingerprint density at radius 2 is 1.56 bits per heavy atom. The molecule has 166 valence electrons. The molecule has 3 atom stereocenters. The number of hydrogen-bond donors (Lipinski definition) is 1. The maximum absolute atomic E-state index is 13.5. The van der Waals surface area contributed by atoms with Crippen LogP contribution in [0, 0.1) is 5.92 Å². The maximum atomic E-state index is 13.5. The molecule has 1 saturated carbocycles. The first-order valence-corrected chi connectivity index (χ1v) is 11.3. The summed E-state index contributed by atoms with van der Waals surface area (Å²) in [6.07, 6.45) is 3.98. The number of imide groups is 1. The van der Waals surface area contributed by atoms with E-state index in [1.807, 2.05) is 54.6 Å². The van der Waals surface area contributed by atoms with Crippen LogP contribution in [0.25, 0.3) is 11.1 Å². The fourth-order valence-corrected chi connectivity index (χ4v) is 5.36. The van der Waals surface area contributed by atoms with Crippen molar-refractivity contribution >= 4 is 17.7 Å². The molecule has 2 heterocycles. The Labute approximate surface area is 187 Å². The molecule has 32 heavy (non-hydrogen) atoms. The van der Waals surface area contributed by atoms with Crippen LogP contribution in [-0.4, -0.2) is 46.4 Å². The van der Waals surface area contributed by atoms with Gasteiger partial charge in [-0.05, 0) is 29.5 Å². The zero-order valence-electron chi connectivity index (χ0n) is 17.9. The molecule has 3 unspecified atom stereocenters. The van der Waals surface area contributed by atoms with E-state index in [0.717, 1.165) is 48.8 Å². The SMILES string of the molecule is NC(=O)CN1OC2C(=O)N(C3CCCCC3)C(=O)C2C1c1ccc(-c2ccccc2)cc1. The molecule has 2 aromatic rings. The Morgan fingerprint density at radius 3 is 2.22 bits per heavy atom. The average molecular weight is 434 g/mol. The van der Waals surface area contributed by atoms with Crippen LogP contribution >= 0.6 is 0 Å². The molecular formula is C25H27N3O4. The third-order valence-corrected chi connectivity index (χ3v) is 6.84. The van der Waals surface area contributed by atoms with Gasteiger partial charge in [0.1, 0.15) is 6.54 Å². The van der Waals surface area contributed by atoms with E-state index in [-0.39, 0.29) is 24.4 Å². The number of carbonyl (C=O) groups excluding carboxylic acids is 3. The van der Waals surface area contributed by atoms with Gasteiger partial charge in [-0.2, -0.15) is 5.06 Å². The van der Waals surface area contributed by atoms with Crippen LogP contribution in [-0.2, 0) is 19.2 Å². The lowest BCUT2D eigenvalue weighted by atomic mass is 9.89. The number of rotatable bonds is 5. The molecule has 2 aliphatic heterocycles. The molecule has 3 aliphatic rings. The van der Waals surface area contributed by atoms with Gasteiger partial charge in [-0.1, -0.05) is 73.9 Å². The lowest BCUT2D eigenvalue weighted by molar-refractivity contribution is -0.183. The van der Waals surface area contributed by atoms with Crippen molar-refractivity contribution in [2.24, 2.45) is 11.7 Å². The molecular weight excluding hydrogens is 406 g/mol. The Balaban J connectivity index is 1.46. The number of likely N-dealkylation sites (tertiary alicyclic amines) is 1. The van der Waals surface area contributed by atoms with Crippen LogP contribution in [0.3, 0.4) is 0 Å². The first-order valence-electron chi connectivity index (χ1n) is 11.3. The fourth-order valence-electron chi connectivity index (χ4n) is 5.36. The highest BCUT2D eigenvalue weighted by molar-refractivity contribution is 6.07. The normalized spacial score (nSPS) is 26.5. The monoisotopic (exact) mass is 433 g/mol. The van der Waals surface area contributed by atoms with Crippen molar-refractivity contribution < 1.29 is 19.2 Å². The van der Waals surface area contributed by atoms with Crippen LogP contribution in [0.15, 0.2) is 54.6 Å². The van der Waals surface area contributed by atoms with Gasteiger partial charge in [-0.15, -0.1) is 0 Å². The summed E-state index contributed by atoms with van der Waals surface area (Å²) in [7, 11) is 0. The molecule has 0 bridgehead atoms. The van der Waals surface area contributed by atoms with Gasteiger partial charge in [-0.3, -0.25) is 24.1 Å². The van der Waals surface area contributed by atoms with Crippen molar-refractivity contribution in [3.63, 3.8) is 0 Å². The summed E-state index contributed by atoms with van der Waals surface area (Å²) in [4.78, 5) is 45.7. The predicted molar refractivity (Wildman–Crippen MR) is 118 cm³/mol. The van der Waals surface area contributed by atoms with Gasteiger partial charge in [0.15, 0.2) is 6.10 Å². The molecule has 7 nitrogen and oxygen atoms in total. The highest BCUT2D eigenvalue weighted by Crippen LogP contribution is 2.46. The zero-order chi connectivity index (χ0) is 22.2. The molecule has 2 N–H and O–H groups in total. The minimum atomic E-state index is -0.900. The predicted octanol–water partition coefficient (Wildman–Crippen LogP) is 2.81. The third kappa shape index (κ3) is 3.61. The Kier molecular flexibility index (Phi) is 5.53. The molecule has 2 aromatic carbocycles. The van der Waals surface area contributed by atoms with Crippen molar-refractivity contribution in [3.8, 4) is 11.1 Å². The quantitative estimate of drug-likeness (QED) is 0.732. The summed E-state index contributed by atoms with van der Waals surface area (Å²) < 4.78 is 0. The fraction of sp³-hybridized carbons (Fsp3) is 0.400. The molecule has 0 spiro atoms. The van der Waals surface area contributed by atoms with E-state index < -0.39 is 24.0 Å². The highest BCUT2D eigenvalue weighted by atomic mass is 16.7. The standard InChI is InChI=1S/C25H27N3O4/c26-20(29)15-27-22(18-13-11-17(12-14-18)16-7-3-1-4-8-16)21-23(32-27)25(31)28(24(21)30)19-9-5-2-6-10-19/h1,3-4,7-8,11-14,19,21-23H,2,5-6,9-10,15H2,(H2,26,29). The van der Waals surface area contributed by atoms with Crippen LogP contribution in [0.5, 0.6) is 0 Å². The summed E-state index contributed by atoms with van der Waals surface area (Å²) in [6.45, 7) is -0.178. The number of nitrogens with zero attached hydrogens (tertiary/aromatic N) is 2. The minimum absolute atomic E-state index is 0.0522. The summed E-state index contributed by atoms with van der Waals surface area (Å²) >= 11 is 0. The van der Waals surface area contributed by atoms with Gasteiger partial charge in [0.25, 0.3) is 5.91 Å².